The van der Waals surface area contributed by atoms with E-state index in [1.165, 1.54) is 22.3 Å². The van der Waals surface area contributed by atoms with E-state index in [9.17, 15) is 4.79 Å². The zero-order valence-electron chi connectivity index (χ0n) is 25.8. The van der Waals surface area contributed by atoms with Gasteiger partial charge < -0.3 is 26.0 Å². The number of halogens is 1. The summed E-state index contributed by atoms with van der Waals surface area (Å²) in [6, 6.07) is 27.8. The summed E-state index contributed by atoms with van der Waals surface area (Å²) in [5, 5.41) is 2.98. The van der Waals surface area contributed by atoms with Gasteiger partial charge in [-0.15, -0.1) is 0 Å². The summed E-state index contributed by atoms with van der Waals surface area (Å²) >= 11 is 6.03. The summed E-state index contributed by atoms with van der Waals surface area (Å²) in [6.45, 7) is 6.16. The number of nitrogens with zero attached hydrogens (tertiary/aromatic N) is 3. The lowest BCUT2D eigenvalue weighted by atomic mass is 10.0. The minimum absolute atomic E-state index is 0.000422. The van der Waals surface area contributed by atoms with Gasteiger partial charge in [0.15, 0.2) is 22.5 Å². The summed E-state index contributed by atoms with van der Waals surface area (Å²) in [6.07, 6.45) is 5.03. The van der Waals surface area contributed by atoms with E-state index >= 15 is 0 Å². The summed E-state index contributed by atoms with van der Waals surface area (Å²) in [7, 11) is 1.68. The molecule has 0 spiro atoms. The molecule has 0 fully saturated rings. The summed E-state index contributed by atoms with van der Waals surface area (Å²) < 4.78 is 6.17. The van der Waals surface area contributed by atoms with E-state index in [4.69, 9.17) is 27.8 Å². The molecule has 4 aromatic rings. The maximum absolute atomic E-state index is 13.1. The summed E-state index contributed by atoms with van der Waals surface area (Å²) in [4.78, 5) is 21.1. The predicted octanol–water partition coefficient (Wildman–Crippen LogP) is 5.88. The van der Waals surface area contributed by atoms with E-state index in [1.807, 2.05) is 18.2 Å². The molecule has 1 amide bonds. The first-order valence-electron chi connectivity index (χ1n) is 15.3. The minimum atomic E-state index is -0.413. The first-order chi connectivity index (χ1) is 21.3. The average molecular weight is 616 g/mol. The lowest BCUT2D eigenvalue weighted by Gasteiger charge is -2.39. The van der Waals surface area contributed by atoms with E-state index < -0.39 is 5.91 Å². The number of carbonyl (C=O) groups excluding carboxylic acids is 1. The van der Waals surface area contributed by atoms with Gasteiger partial charge in [-0.1, -0.05) is 85.3 Å². The second-order valence-electron chi connectivity index (χ2n) is 11.3. The Morgan fingerprint density at radius 3 is 1.98 bits per heavy atom. The predicted molar refractivity (Wildman–Crippen MR) is 179 cm³/mol. The molecule has 1 heterocycles. The van der Waals surface area contributed by atoms with E-state index in [-0.39, 0.29) is 22.5 Å². The Morgan fingerprint density at radius 1 is 0.795 bits per heavy atom. The van der Waals surface area contributed by atoms with Gasteiger partial charge in [0.1, 0.15) is 12.3 Å². The van der Waals surface area contributed by atoms with Gasteiger partial charge in [-0.05, 0) is 48.1 Å². The number of hydrogen-bond acceptors (Lipinski definition) is 6. The smallest absolute Gasteiger partial charge is 0.273 e. The molecule has 0 radical (unpaired) electrons. The number of benzene rings is 3. The zero-order chi connectivity index (χ0) is 31.4. The van der Waals surface area contributed by atoms with Crippen molar-refractivity contribution >= 4 is 29.1 Å². The number of rotatable bonds is 16. The second-order valence-corrected chi connectivity index (χ2v) is 11.6. The molecular formula is C35H44ClN6O2+. The van der Waals surface area contributed by atoms with Gasteiger partial charge in [-0.2, -0.15) is 0 Å². The van der Waals surface area contributed by atoms with Crippen LogP contribution in [0.4, 0.5) is 11.6 Å². The number of ether oxygens (including phenoxy) is 1. The highest BCUT2D eigenvalue weighted by molar-refractivity contribution is 6.31. The van der Waals surface area contributed by atoms with E-state index in [0.717, 1.165) is 68.5 Å². The van der Waals surface area contributed by atoms with Crippen LogP contribution in [-0.2, 0) is 25.8 Å². The second kappa shape index (κ2) is 16.1. The third-order valence-electron chi connectivity index (χ3n) is 8.14. The van der Waals surface area contributed by atoms with E-state index in [0.29, 0.717) is 6.54 Å². The molecule has 0 aliphatic rings. The molecule has 5 N–H and O–H groups in total. The van der Waals surface area contributed by atoms with Crippen LogP contribution >= 0.6 is 11.6 Å². The van der Waals surface area contributed by atoms with Gasteiger partial charge in [-0.25, -0.2) is 9.97 Å². The van der Waals surface area contributed by atoms with Crippen LogP contribution in [0.1, 0.15) is 52.5 Å². The van der Waals surface area contributed by atoms with Crippen molar-refractivity contribution in [2.45, 2.75) is 45.6 Å². The monoisotopic (exact) mass is 615 g/mol. The Hall–Kier alpha value is -4.14. The molecule has 1 atom stereocenters. The average Bonchev–Trinajstić information content (AvgIpc) is 3.04. The summed E-state index contributed by atoms with van der Waals surface area (Å²) in [5.41, 5.74) is 16.9. The number of methoxy groups -OCH3 is 1. The molecular weight excluding hydrogens is 572 g/mol. The molecule has 9 heteroatoms. The number of nitrogen functional groups attached to an aromatic ring is 2. The maximum Gasteiger partial charge on any atom is 0.273 e. The van der Waals surface area contributed by atoms with Crippen molar-refractivity contribution in [1.82, 2.24) is 15.3 Å². The first kappa shape index (κ1) is 32.8. The Labute approximate surface area is 266 Å². The quantitative estimate of drug-likeness (QED) is 0.136. The van der Waals surface area contributed by atoms with Gasteiger partial charge in [-0.3, -0.25) is 4.79 Å². The van der Waals surface area contributed by atoms with Crippen molar-refractivity contribution in [3.8, 4) is 5.75 Å². The number of nitrogens with two attached hydrogens (primary N) is 2. The van der Waals surface area contributed by atoms with E-state index in [2.05, 4.69) is 82.9 Å². The molecule has 44 heavy (non-hydrogen) atoms. The number of nitrogens with one attached hydrogen (secondary N) is 1. The normalized spacial score (nSPS) is 12.4. The molecule has 0 saturated carbocycles. The summed E-state index contributed by atoms with van der Waals surface area (Å²) in [5.74, 6) is 0.408. The van der Waals surface area contributed by atoms with Crippen molar-refractivity contribution in [2.24, 2.45) is 0 Å². The number of quaternary nitrogens is 1. The molecule has 0 aliphatic heterocycles. The number of anilines is 2. The van der Waals surface area contributed by atoms with Crippen molar-refractivity contribution in [3.63, 3.8) is 0 Å². The van der Waals surface area contributed by atoms with Gasteiger partial charge in [0.2, 0.25) is 0 Å². The van der Waals surface area contributed by atoms with Gasteiger partial charge >= 0.3 is 0 Å². The fourth-order valence-corrected chi connectivity index (χ4v) is 5.74. The van der Waals surface area contributed by atoms with Crippen molar-refractivity contribution in [2.75, 3.05) is 44.8 Å². The van der Waals surface area contributed by atoms with Crippen LogP contribution in [0.25, 0.3) is 0 Å². The Balaban J connectivity index is 1.52. The van der Waals surface area contributed by atoms with Crippen molar-refractivity contribution < 1.29 is 14.0 Å². The largest absolute Gasteiger partial charge is 0.497 e. The number of aryl methyl sites for hydroxylation is 3. The highest BCUT2D eigenvalue weighted by atomic mass is 35.5. The maximum atomic E-state index is 13.1. The molecule has 4 rings (SSSR count). The molecule has 8 nitrogen and oxygen atoms in total. The molecule has 1 aromatic heterocycles. The fraction of sp³-hybridized carbons (Fsp3) is 0.343. The van der Waals surface area contributed by atoms with Gasteiger partial charge in [0, 0.05) is 18.4 Å². The van der Waals surface area contributed by atoms with Crippen LogP contribution in [0.5, 0.6) is 5.75 Å². The molecule has 0 saturated heterocycles. The third kappa shape index (κ3) is 9.43. The molecule has 1 unspecified atom stereocenters. The Morgan fingerprint density at radius 2 is 1.39 bits per heavy atom. The van der Waals surface area contributed by atoms with Crippen LogP contribution in [-0.4, -0.2) is 53.6 Å². The van der Waals surface area contributed by atoms with Crippen LogP contribution < -0.4 is 21.5 Å². The standard InChI is InChI=1S/C35H43ClN6O2/c1-3-26-13-15-27(16-14-26)11-7-22-42(25-29-9-5-4-6-10-29,23-8-12-28-17-19-30(44-2)20-18-28)24-21-39-35(43)31-33(37)41-34(38)32(36)40-31/h4-6,9-10,13-20H,3,7-8,11-12,21-25H2,1-2H3,(H4-,37,38,39,41,43)/p+1. The highest BCUT2D eigenvalue weighted by Crippen LogP contribution is 2.21. The van der Waals surface area contributed by atoms with Gasteiger partial charge in [0.25, 0.3) is 5.91 Å². The third-order valence-corrected chi connectivity index (χ3v) is 8.42. The lowest BCUT2D eigenvalue weighted by molar-refractivity contribution is -0.940. The lowest BCUT2D eigenvalue weighted by Crippen LogP contribution is -2.52. The Bertz CT molecular complexity index is 1430. The fourth-order valence-electron chi connectivity index (χ4n) is 5.61. The number of hydrogen-bond donors (Lipinski definition) is 3. The molecule has 232 valence electrons. The van der Waals surface area contributed by atoms with E-state index in [1.54, 1.807) is 7.11 Å². The van der Waals surface area contributed by atoms with Crippen LogP contribution in [0.15, 0.2) is 78.9 Å². The van der Waals surface area contributed by atoms with Crippen LogP contribution in [0, 0.1) is 0 Å². The number of carbonyl (C=O) groups is 1. The number of amides is 1. The van der Waals surface area contributed by atoms with Crippen molar-refractivity contribution in [1.29, 1.82) is 0 Å². The van der Waals surface area contributed by atoms with Crippen LogP contribution in [0.3, 0.4) is 0 Å². The topological polar surface area (TPSA) is 116 Å². The first-order valence-corrected chi connectivity index (χ1v) is 15.6. The minimum Gasteiger partial charge on any atom is -0.497 e. The zero-order valence-corrected chi connectivity index (χ0v) is 26.5. The Kier molecular flexibility index (Phi) is 12.0. The number of aromatic nitrogens is 2. The van der Waals surface area contributed by atoms with Crippen LogP contribution in [0.2, 0.25) is 5.15 Å². The molecule has 3 aromatic carbocycles. The van der Waals surface area contributed by atoms with Gasteiger partial charge in [0.05, 0.1) is 33.3 Å². The highest BCUT2D eigenvalue weighted by Gasteiger charge is 2.28. The molecule has 0 bridgehead atoms. The SMILES string of the molecule is CCc1ccc(CCC[N+](CCCc2ccc(OC)cc2)(CCNC(=O)c2nc(Cl)c(N)nc2N)Cc2ccccc2)cc1. The van der Waals surface area contributed by atoms with Crippen molar-refractivity contribution in [3.05, 3.63) is 112 Å². The molecule has 0 aliphatic carbocycles.